The standard InChI is InChI=1S/C15H30N2O/c1-12(2)15(11-18-3)17(14-7-8-14)10-13-6-4-5-9-16-13/h12-16H,4-11H2,1-3H3. The fraction of sp³-hybridized carbons (Fsp3) is 1.00. The first-order valence-corrected chi connectivity index (χ1v) is 7.70. The molecular formula is C15H30N2O. The average molecular weight is 254 g/mol. The molecule has 3 heteroatoms. The summed E-state index contributed by atoms with van der Waals surface area (Å²) in [6, 6.07) is 2.12. The number of hydrogen-bond acceptors (Lipinski definition) is 3. The summed E-state index contributed by atoms with van der Waals surface area (Å²) in [6.45, 7) is 7.96. The molecule has 18 heavy (non-hydrogen) atoms. The molecule has 0 aromatic heterocycles. The van der Waals surface area contributed by atoms with Crippen molar-refractivity contribution in [2.45, 2.75) is 64.1 Å². The number of ether oxygens (including phenoxy) is 1. The molecule has 0 bridgehead atoms. The Labute approximate surface area is 112 Å². The van der Waals surface area contributed by atoms with E-state index in [9.17, 15) is 0 Å². The van der Waals surface area contributed by atoms with Gasteiger partial charge in [0.15, 0.2) is 0 Å². The van der Waals surface area contributed by atoms with Crippen molar-refractivity contribution in [2.75, 3.05) is 26.8 Å². The molecule has 2 rings (SSSR count). The molecule has 0 radical (unpaired) electrons. The van der Waals surface area contributed by atoms with Crippen molar-refractivity contribution in [1.29, 1.82) is 0 Å². The Bertz CT molecular complexity index is 235. The third-order valence-electron chi connectivity index (χ3n) is 4.39. The van der Waals surface area contributed by atoms with E-state index in [-0.39, 0.29) is 0 Å². The number of rotatable bonds is 7. The lowest BCUT2D eigenvalue weighted by Crippen LogP contribution is -2.51. The Balaban J connectivity index is 1.92. The zero-order chi connectivity index (χ0) is 13.0. The first-order chi connectivity index (χ1) is 8.72. The Kier molecular flexibility index (Phi) is 5.46. The van der Waals surface area contributed by atoms with Gasteiger partial charge in [0.05, 0.1) is 6.61 Å². The molecule has 3 nitrogen and oxygen atoms in total. The third kappa shape index (κ3) is 3.94. The summed E-state index contributed by atoms with van der Waals surface area (Å²) in [5.41, 5.74) is 0. The summed E-state index contributed by atoms with van der Waals surface area (Å²) in [6.07, 6.45) is 6.87. The van der Waals surface area contributed by atoms with Crippen LogP contribution in [0, 0.1) is 5.92 Å². The predicted molar refractivity (Wildman–Crippen MR) is 75.9 cm³/mol. The third-order valence-corrected chi connectivity index (χ3v) is 4.39. The number of piperidine rings is 1. The van der Waals surface area contributed by atoms with Crippen LogP contribution >= 0.6 is 0 Å². The van der Waals surface area contributed by atoms with Crippen LogP contribution in [-0.4, -0.2) is 49.8 Å². The molecule has 0 aromatic carbocycles. The van der Waals surface area contributed by atoms with Crippen molar-refractivity contribution in [3.8, 4) is 0 Å². The number of hydrogen-bond donors (Lipinski definition) is 1. The second-order valence-electron chi connectivity index (χ2n) is 6.34. The average Bonchev–Trinajstić information content (AvgIpc) is 3.19. The van der Waals surface area contributed by atoms with Gasteiger partial charge in [-0.05, 0) is 38.1 Å². The molecule has 1 saturated carbocycles. The number of methoxy groups -OCH3 is 1. The van der Waals surface area contributed by atoms with Gasteiger partial charge in [0.1, 0.15) is 0 Å². The molecule has 1 saturated heterocycles. The van der Waals surface area contributed by atoms with Crippen molar-refractivity contribution in [1.82, 2.24) is 10.2 Å². The van der Waals surface area contributed by atoms with Gasteiger partial charge in [-0.1, -0.05) is 20.3 Å². The lowest BCUT2D eigenvalue weighted by Gasteiger charge is -2.38. The van der Waals surface area contributed by atoms with E-state index < -0.39 is 0 Å². The lowest BCUT2D eigenvalue weighted by molar-refractivity contribution is 0.0503. The minimum atomic E-state index is 0.589. The predicted octanol–water partition coefficient (Wildman–Crippen LogP) is 2.26. The zero-order valence-electron chi connectivity index (χ0n) is 12.3. The number of nitrogens with one attached hydrogen (secondary N) is 1. The molecule has 2 atom stereocenters. The fourth-order valence-electron chi connectivity index (χ4n) is 3.14. The lowest BCUT2D eigenvalue weighted by atomic mass is 9.99. The van der Waals surface area contributed by atoms with E-state index >= 15 is 0 Å². The smallest absolute Gasteiger partial charge is 0.0620 e. The van der Waals surface area contributed by atoms with E-state index in [4.69, 9.17) is 4.74 Å². The minimum Gasteiger partial charge on any atom is -0.383 e. The highest BCUT2D eigenvalue weighted by Gasteiger charge is 2.36. The van der Waals surface area contributed by atoms with Crippen LogP contribution in [0.5, 0.6) is 0 Å². The first-order valence-electron chi connectivity index (χ1n) is 7.70. The molecule has 106 valence electrons. The van der Waals surface area contributed by atoms with Crippen molar-refractivity contribution in [3.63, 3.8) is 0 Å². The zero-order valence-corrected chi connectivity index (χ0v) is 12.3. The second kappa shape index (κ2) is 6.88. The molecule has 0 amide bonds. The maximum atomic E-state index is 5.45. The van der Waals surface area contributed by atoms with Crippen LogP contribution < -0.4 is 5.32 Å². The van der Waals surface area contributed by atoms with Gasteiger partial charge in [-0.2, -0.15) is 0 Å². The summed E-state index contributed by atoms with van der Waals surface area (Å²) in [7, 11) is 1.83. The van der Waals surface area contributed by atoms with E-state index in [1.165, 1.54) is 45.2 Å². The van der Waals surface area contributed by atoms with Crippen molar-refractivity contribution < 1.29 is 4.74 Å². The van der Waals surface area contributed by atoms with E-state index in [0.717, 1.165) is 12.6 Å². The maximum Gasteiger partial charge on any atom is 0.0620 e. The second-order valence-corrected chi connectivity index (χ2v) is 6.34. The summed E-state index contributed by atoms with van der Waals surface area (Å²) in [5.74, 6) is 0.675. The summed E-state index contributed by atoms with van der Waals surface area (Å²) >= 11 is 0. The molecule has 0 spiro atoms. The van der Waals surface area contributed by atoms with Crippen LogP contribution in [0.2, 0.25) is 0 Å². The van der Waals surface area contributed by atoms with Gasteiger partial charge in [-0.25, -0.2) is 0 Å². The SMILES string of the molecule is COCC(C(C)C)N(CC1CCCCN1)C1CC1. The maximum absolute atomic E-state index is 5.45. The van der Waals surface area contributed by atoms with Gasteiger partial charge < -0.3 is 10.1 Å². The highest BCUT2D eigenvalue weighted by Crippen LogP contribution is 2.31. The Morgan fingerprint density at radius 2 is 2.00 bits per heavy atom. The van der Waals surface area contributed by atoms with Crippen molar-refractivity contribution in [3.05, 3.63) is 0 Å². The van der Waals surface area contributed by atoms with E-state index in [1.54, 1.807) is 0 Å². The molecule has 1 N–H and O–H groups in total. The molecule has 1 aliphatic heterocycles. The van der Waals surface area contributed by atoms with E-state index in [1.807, 2.05) is 7.11 Å². The quantitative estimate of drug-likeness (QED) is 0.754. The molecular weight excluding hydrogens is 224 g/mol. The summed E-state index contributed by atoms with van der Waals surface area (Å²) in [4.78, 5) is 2.73. The Morgan fingerprint density at radius 1 is 1.22 bits per heavy atom. The highest BCUT2D eigenvalue weighted by molar-refractivity contribution is 4.92. The van der Waals surface area contributed by atoms with Crippen LogP contribution in [0.4, 0.5) is 0 Å². The van der Waals surface area contributed by atoms with Gasteiger partial charge >= 0.3 is 0 Å². The Hall–Kier alpha value is -0.120. The van der Waals surface area contributed by atoms with Crippen LogP contribution in [0.25, 0.3) is 0 Å². The van der Waals surface area contributed by atoms with Gasteiger partial charge in [-0.3, -0.25) is 4.90 Å². The van der Waals surface area contributed by atoms with Crippen LogP contribution in [-0.2, 0) is 4.74 Å². The molecule has 2 aliphatic rings. The molecule has 2 unspecified atom stereocenters. The van der Waals surface area contributed by atoms with Gasteiger partial charge in [0.2, 0.25) is 0 Å². The van der Waals surface area contributed by atoms with Crippen molar-refractivity contribution >= 4 is 0 Å². The molecule has 1 aliphatic carbocycles. The van der Waals surface area contributed by atoms with Crippen molar-refractivity contribution in [2.24, 2.45) is 5.92 Å². The molecule has 2 fully saturated rings. The molecule has 0 aromatic rings. The largest absolute Gasteiger partial charge is 0.383 e. The van der Waals surface area contributed by atoms with Gasteiger partial charge in [-0.15, -0.1) is 0 Å². The van der Waals surface area contributed by atoms with E-state index in [0.29, 0.717) is 18.0 Å². The normalized spacial score (nSPS) is 26.8. The van der Waals surface area contributed by atoms with Crippen LogP contribution in [0.3, 0.4) is 0 Å². The van der Waals surface area contributed by atoms with Gasteiger partial charge in [0, 0.05) is 31.8 Å². The number of nitrogens with zero attached hydrogens (tertiary/aromatic N) is 1. The highest BCUT2D eigenvalue weighted by atomic mass is 16.5. The monoisotopic (exact) mass is 254 g/mol. The van der Waals surface area contributed by atoms with E-state index in [2.05, 4.69) is 24.1 Å². The topological polar surface area (TPSA) is 24.5 Å². The summed E-state index contributed by atoms with van der Waals surface area (Å²) < 4.78 is 5.45. The molecule has 1 heterocycles. The van der Waals surface area contributed by atoms with Crippen LogP contribution in [0.15, 0.2) is 0 Å². The van der Waals surface area contributed by atoms with Crippen LogP contribution in [0.1, 0.15) is 46.0 Å². The Morgan fingerprint density at radius 3 is 2.50 bits per heavy atom. The fourth-order valence-corrected chi connectivity index (χ4v) is 3.14. The first kappa shape index (κ1) is 14.3. The summed E-state index contributed by atoms with van der Waals surface area (Å²) in [5, 5.41) is 3.69. The minimum absolute atomic E-state index is 0.589. The van der Waals surface area contributed by atoms with Gasteiger partial charge in [0.25, 0.3) is 0 Å².